The summed E-state index contributed by atoms with van der Waals surface area (Å²) in [7, 11) is 0. The molecule has 1 aliphatic heterocycles. The minimum atomic E-state index is -0.814. The van der Waals surface area contributed by atoms with Gasteiger partial charge in [-0.2, -0.15) is 0 Å². The molecule has 2 amide bonds. The number of carboxylic acids is 1. The molecule has 1 aliphatic rings. The Balaban J connectivity index is 2.14. The Morgan fingerprint density at radius 3 is 2.53 bits per heavy atom. The van der Waals surface area contributed by atoms with E-state index in [0.717, 1.165) is 25.9 Å². The van der Waals surface area contributed by atoms with E-state index in [-0.39, 0.29) is 6.03 Å². The van der Waals surface area contributed by atoms with Gasteiger partial charge in [0, 0.05) is 19.6 Å². The van der Waals surface area contributed by atoms with Crippen molar-refractivity contribution in [1.82, 2.24) is 10.2 Å². The van der Waals surface area contributed by atoms with Crippen molar-refractivity contribution in [1.29, 1.82) is 0 Å². The minimum absolute atomic E-state index is 0.0647. The lowest BCUT2D eigenvalue weighted by Gasteiger charge is -2.16. The van der Waals surface area contributed by atoms with Crippen molar-refractivity contribution in [3.05, 3.63) is 0 Å². The fourth-order valence-corrected chi connectivity index (χ4v) is 1.55. The first kappa shape index (κ1) is 11.8. The molecule has 1 heterocycles. The molecule has 0 bridgehead atoms. The predicted molar refractivity (Wildman–Crippen MR) is 55.6 cm³/mol. The summed E-state index contributed by atoms with van der Waals surface area (Å²) in [4.78, 5) is 23.7. The van der Waals surface area contributed by atoms with Gasteiger partial charge in [0.05, 0.1) is 5.92 Å². The van der Waals surface area contributed by atoms with Gasteiger partial charge in [-0.15, -0.1) is 0 Å². The van der Waals surface area contributed by atoms with Gasteiger partial charge in [-0.1, -0.05) is 6.92 Å². The zero-order valence-corrected chi connectivity index (χ0v) is 9.03. The van der Waals surface area contributed by atoms with Gasteiger partial charge in [0.2, 0.25) is 0 Å². The first-order valence-electron chi connectivity index (χ1n) is 5.37. The number of amides is 2. The van der Waals surface area contributed by atoms with Crippen LogP contribution in [-0.2, 0) is 4.79 Å². The van der Waals surface area contributed by atoms with E-state index in [1.165, 1.54) is 0 Å². The average molecular weight is 214 g/mol. The second kappa shape index (κ2) is 5.58. The zero-order chi connectivity index (χ0) is 11.3. The number of nitrogens with one attached hydrogen (secondary N) is 1. The molecule has 15 heavy (non-hydrogen) atoms. The molecule has 86 valence electrons. The molecule has 1 atom stereocenters. The number of carbonyl (C=O) groups excluding carboxylic acids is 1. The molecule has 0 aromatic carbocycles. The van der Waals surface area contributed by atoms with Crippen molar-refractivity contribution in [2.75, 3.05) is 19.6 Å². The number of aliphatic carboxylic acids is 1. The Hall–Kier alpha value is -1.26. The van der Waals surface area contributed by atoms with E-state index in [4.69, 9.17) is 5.11 Å². The van der Waals surface area contributed by atoms with Gasteiger partial charge in [0.25, 0.3) is 0 Å². The van der Waals surface area contributed by atoms with Crippen LogP contribution in [0.15, 0.2) is 0 Å². The van der Waals surface area contributed by atoms with Crippen LogP contribution in [0.25, 0.3) is 0 Å². The third-order valence-electron chi connectivity index (χ3n) is 2.67. The summed E-state index contributed by atoms with van der Waals surface area (Å²) in [5.41, 5.74) is 0. The monoisotopic (exact) mass is 214 g/mol. The van der Waals surface area contributed by atoms with Gasteiger partial charge < -0.3 is 15.3 Å². The fourth-order valence-electron chi connectivity index (χ4n) is 1.55. The molecule has 1 unspecified atom stereocenters. The maximum absolute atomic E-state index is 11.5. The Morgan fingerprint density at radius 1 is 1.40 bits per heavy atom. The quantitative estimate of drug-likeness (QED) is 0.730. The van der Waals surface area contributed by atoms with Crippen LogP contribution in [0.5, 0.6) is 0 Å². The van der Waals surface area contributed by atoms with Crippen molar-refractivity contribution < 1.29 is 14.7 Å². The summed E-state index contributed by atoms with van der Waals surface area (Å²) in [6.45, 7) is 3.72. The molecule has 1 fully saturated rings. The lowest BCUT2D eigenvalue weighted by Crippen LogP contribution is -2.38. The SMILES string of the molecule is CC(CCNC(=O)N1CCCC1)C(=O)O. The van der Waals surface area contributed by atoms with Gasteiger partial charge in [-0.05, 0) is 19.3 Å². The van der Waals surface area contributed by atoms with Crippen LogP contribution in [0, 0.1) is 5.92 Å². The van der Waals surface area contributed by atoms with Crippen molar-refractivity contribution in [2.24, 2.45) is 5.92 Å². The normalized spacial score (nSPS) is 17.5. The van der Waals surface area contributed by atoms with E-state index in [1.54, 1.807) is 11.8 Å². The lowest BCUT2D eigenvalue weighted by molar-refractivity contribution is -0.141. The van der Waals surface area contributed by atoms with Crippen LogP contribution in [0.1, 0.15) is 26.2 Å². The van der Waals surface area contributed by atoms with Gasteiger partial charge in [-0.3, -0.25) is 4.79 Å². The highest BCUT2D eigenvalue weighted by molar-refractivity contribution is 5.74. The summed E-state index contributed by atoms with van der Waals surface area (Å²) in [5.74, 6) is -1.21. The summed E-state index contributed by atoms with van der Waals surface area (Å²) in [5, 5.41) is 11.4. The fraction of sp³-hybridized carbons (Fsp3) is 0.800. The highest BCUT2D eigenvalue weighted by Crippen LogP contribution is 2.07. The second-order valence-corrected chi connectivity index (χ2v) is 3.95. The molecule has 0 saturated carbocycles. The van der Waals surface area contributed by atoms with Crippen LogP contribution in [0.3, 0.4) is 0 Å². The van der Waals surface area contributed by atoms with Gasteiger partial charge in [-0.25, -0.2) is 4.79 Å². The number of hydrogen-bond donors (Lipinski definition) is 2. The van der Waals surface area contributed by atoms with E-state index < -0.39 is 11.9 Å². The summed E-state index contributed by atoms with van der Waals surface area (Å²) < 4.78 is 0. The van der Waals surface area contributed by atoms with Crippen molar-refractivity contribution in [3.8, 4) is 0 Å². The average Bonchev–Trinajstić information content (AvgIpc) is 2.70. The van der Waals surface area contributed by atoms with Gasteiger partial charge >= 0.3 is 12.0 Å². The summed E-state index contributed by atoms with van der Waals surface area (Å²) >= 11 is 0. The molecule has 0 radical (unpaired) electrons. The highest BCUT2D eigenvalue weighted by Gasteiger charge is 2.17. The number of hydrogen-bond acceptors (Lipinski definition) is 2. The van der Waals surface area contributed by atoms with Crippen molar-refractivity contribution in [3.63, 3.8) is 0 Å². The van der Waals surface area contributed by atoms with Crippen LogP contribution in [0.4, 0.5) is 4.79 Å². The summed E-state index contributed by atoms with van der Waals surface area (Å²) in [6, 6.07) is -0.0647. The molecule has 5 nitrogen and oxygen atoms in total. The third-order valence-corrected chi connectivity index (χ3v) is 2.67. The van der Waals surface area contributed by atoms with Crippen LogP contribution < -0.4 is 5.32 Å². The number of urea groups is 1. The molecule has 5 heteroatoms. The zero-order valence-electron chi connectivity index (χ0n) is 9.03. The highest BCUT2D eigenvalue weighted by atomic mass is 16.4. The third kappa shape index (κ3) is 3.77. The molecule has 1 rings (SSSR count). The number of likely N-dealkylation sites (tertiary alicyclic amines) is 1. The van der Waals surface area contributed by atoms with Crippen molar-refractivity contribution >= 4 is 12.0 Å². The standard InChI is InChI=1S/C10H18N2O3/c1-8(9(13)14)4-5-11-10(15)12-6-2-3-7-12/h8H,2-7H2,1H3,(H,11,15)(H,13,14). The number of carboxylic acid groups (broad SMARTS) is 1. The Bertz CT molecular complexity index is 237. The van der Waals surface area contributed by atoms with Gasteiger partial charge in [0.1, 0.15) is 0 Å². The van der Waals surface area contributed by atoms with E-state index in [0.29, 0.717) is 13.0 Å². The minimum Gasteiger partial charge on any atom is -0.481 e. The molecule has 1 saturated heterocycles. The second-order valence-electron chi connectivity index (χ2n) is 3.95. The van der Waals surface area contributed by atoms with E-state index in [9.17, 15) is 9.59 Å². The lowest BCUT2D eigenvalue weighted by atomic mass is 10.1. The predicted octanol–water partition coefficient (Wildman–Crippen LogP) is 0.903. The van der Waals surface area contributed by atoms with E-state index in [1.807, 2.05) is 0 Å². The maximum Gasteiger partial charge on any atom is 0.317 e. The van der Waals surface area contributed by atoms with Crippen LogP contribution in [-0.4, -0.2) is 41.6 Å². The van der Waals surface area contributed by atoms with Crippen LogP contribution >= 0.6 is 0 Å². The first-order chi connectivity index (χ1) is 7.11. The van der Waals surface area contributed by atoms with Gasteiger partial charge in [0.15, 0.2) is 0 Å². The van der Waals surface area contributed by atoms with E-state index >= 15 is 0 Å². The molecule has 0 aliphatic carbocycles. The number of carbonyl (C=O) groups is 2. The van der Waals surface area contributed by atoms with Crippen LogP contribution in [0.2, 0.25) is 0 Å². The Morgan fingerprint density at radius 2 is 2.00 bits per heavy atom. The largest absolute Gasteiger partial charge is 0.481 e. The Labute approximate surface area is 89.4 Å². The topological polar surface area (TPSA) is 69.6 Å². The van der Waals surface area contributed by atoms with Crippen molar-refractivity contribution in [2.45, 2.75) is 26.2 Å². The molecule has 0 aromatic heterocycles. The molecular weight excluding hydrogens is 196 g/mol. The molecular formula is C10H18N2O3. The first-order valence-corrected chi connectivity index (χ1v) is 5.37. The molecule has 0 spiro atoms. The molecule has 2 N–H and O–H groups in total. The number of rotatable bonds is 4. The Kier molecular flexibility index (Phi) is 4.39. The number of nitrogens with zero attached hydrogens (tertiary/aromatic N) is 1. The molecule has 0 aromatic rings. The van der Waals surface area contributed by atoms with E-state index in [2.05, 4.69) is 5.32 Å². The summed E-state index contributed by atoms with van der Waals surface area (Å²) in [6.07, 6.45) is 2.62. The maximum atomic E-state index is 11.5. The smallest absolute Gasteiger partial charge is 0.317 e.